The fraction of sp³-hybridized carbons (Fsp3) is 0.0769. The van der Waals surface area contributed by atoms with Crippen LogP contribution < -0.4 is 0 Å². The Labute approximate surface area is 99.5 Å². The Hall–Kier alpha value is -0.980. The summed E-state index contributed by atoms with van der Waals surface area (Å²) >= 11 is 12.2. The minimum Gasteiger partial charge on any atom is -0.0840 e. The maximum Gasteiger partial charge on any atom is 0.0528 e. The zero-order chi connectivity index (χ0) is 10.8. The Morgan fingerprint density at radius 3 is 2.20 bits per heavy atom. The average Bonchev–Trinajstić information content (AvgIpc) is 2.27. The van der Waals surface area contributed by atoms with Crippen molar-refractivity contribution in [3.63, 3.8) is 0 Å². The Morgan fingerprint density at radius 2 is 1.53 bits per heavy atom. The fourth-order valence-corrected chi connectivity index (χ4v) is 1.98. The minimum atomic E-state index is 0.708. The first-order chi connectivity index (χ1) is 7.20. The van der Waals surface area contributed by atoms with Crippen molar-refractivity contribution in [2.75, 3.05) is 0 Å². The molecular weight excluding hydrogens is 227 g/mol. The summed E-state index contributed by atoms with van der Waals surface area (Å²) < 4.78 is 0. The van der Waals surface area contributed by atoms with Crippen LogP contribution in [0.1, 0.15) is 5.56 Å². The highest BCUT2D eigenvalue weighted by Crippen LogP contribution is 2.33. The highest BCUT2D eigenvalue weighted by molar-refractivity contribution is 6.37. The fourth-order valence-electron chi connectivity index (χ4n) is 1.50. The van der Waals surface area contributed by atoms with Gasteiger partial charge in [-0.15, -0.1) is 0 Å². The zero-order valence-electron chi connectivity index (χ0n) is 8.30. The molecule has 0 unspecified atom stereocenters. The quantitative estimate of drug-likeness (QED) is 0.656. The molecule has 0 aliphatic rings. The Kier molecular flexibility index (Phi) is 2.99. The highest BCUT2D eigenvalue weighted by Gasteiger charge is 2.07. The van der Waals surface area contributed by atoms with E-state index in [1.54, 1.807) is 0 Å². The van der Waals surface area contributed by atoms with Gasteiger partial charge in [-0.3, -0.25) is 0 Å². The van der Waals surface area contributed by atoms with Gasteiger partial charge in [0.05, 0.1) is 5.02 Å². The van der Waals surface area contributed by atoms with E-state index in [-0.39, 0.29) is 0 Å². The van der Waals surface area contributed by atoms with Crippen LogP contribution in [0.2, 0.25) is 10.0 Å². The smallest absolute Gasteiger partial charge is 0.0528 e. The summed E-state index contributed by atoms with van der Waals surface area (Å²) in [5, 5.41) is 1.44. The van der Waals surface area contributed by atoms with Crippen LogP contribution in [-0.2, 0) is 0 Å². The van der Waals surface area contributed by atoms with E-state index < -0.39 is 0 Å². The van der Waals surface area contributed by atoms with Gasteiger partial charge in [0.15, 0.2) is 0 Å². The van der Waals surface area contributed by atoms with Crippen LogP contribution in [0.5, 0.6) is 0 Å². The summed E-state index contributed by atoms with van der Waals surface area (Å²) in [7, 11) is 0. The van der Waals surface area contributed by atoms with Crippen molar-refractivity contribution in [1.82, 2.24) is 0 Å². The van der Waals surface area contributed by atoms with Crippen molar-refractivity contribution in [2.45, 2.75) is 6.92 Å². The Bertz CT molecular complexity index is 475. The van der Waals surface area contributed by atoms with Crippen LogP contribution in [0.15, 0.2) is 42.5 Å². The normalized spacial score (nSPS) is 10.3. The maximum atomic E-state index is 6.25. The molecule has 0 radical (unpaired) electrons. The van der Waals surface area contributed by atoms with Crippen molar-refractivity contribution in [3.8, 4) is 11.1 Å². The third kappa shape index (κ3) is 2.01. The van der Waals surface area contributed by atoms with E-state index in [1.165, 1.54) is 0 Å². The van der Waals surface area contributed by atoms with E-state index in [0.717, 1.165) is 21.7 Å². The minimum absolute atomic E-state index is 0.708. The van der Waals surface area contributed by atoms with Gasteiger partial charge >= 0.3 is 0 Å². The summed E-state index contributed by atoms with van der Waals surface area (Å²) in [5.41, 5.74) is 3.07. The van der Waals surface area contributed by atoms with Gasteiger partial charge in [-0.05, 0) is 24.1 Å². The molecule has 0 amide bonds. The summed E-state index contributed by atoms with van der Waals surface area (Å²) in [6, 6.07) is 13.9. The van der Waals surface area contributed by atoms with Crippen molar-refractivity contribution < 1.29 is 0 Å². The van der Waals surface area contributed by atoms with Crippen molar-refractivity contribution >= 4 is 23.2 Å². The van der Waals surface area contributed by atoms with Gasteiger partial charge in [0.25, 0.3) is 0 Å². The summed E-state index contributed by atoms with van der Waals surface area (Å²) in [6.07, 6.45) is 0. The topological polar surface area (TPSA) is 0 Å². The molecule has 0 aliphatic carbocycles. The molecule has 2 heteroatoms. The molecule has 2 aromatic carbocycles. The van der Waals surface area contributed by atoms with Gasteiger partial charge in [0.2, 0.25) is 0 Å². The lowest BCUT2D eigenvalue weighted by molar-refractivity contribution is 1.46. The molecule has 0 fully saturated rings. The zero-order valence-corrected chi connectivity index (χ0v) is 9.81. The van der Waals surface area contributed by atoms with Gasteiger partial charge in [-0.2, -0.15) is 0 Å². The van der Waals surface area contributed by atoms with Crippen LogP contribution in [0.3, 0.4) is 0 Å². The summed E-state index contributed by atoms with van der Waals surface area (Å²) in [6.45, 7) is 1.93. The highest BCUT2D eigenvalue weighted by atomic mass is 35.5. The standard InChI is InChI=1S/C13H10Cl2/c1-9-12(14)8-7-11(13(9)15)10-5-3-2-4-6-10/h2-8H,1H3. The van der Waals surface area contributed by atoms with Gasteiger partial charge in [0, 0.05) is 10.6 Å². The number of benzene rings is 2. The number of hydrogen-bond acceptors (Lipinski definition) is 0. The molecule has 0 nitrogen and oxygen atoms in total. The monoisotopic (exact) mass is 236 g/mol. The molecule has 0 saturated carbocycles. The van der Waals surface area contributed by atoms with E-state index in [9.17, 15) is 0 Å². The third-order valence-corrected chi connectivity index (χ3v) is 3.30. The van der Waals surface area contributed by atoms with E-state index in [2.05, 4.69) is 0 Å². The molecule has 2 rings (SSSR count). The molecule has 0 saturated heterocycles. The average molecular weight is 237 g/mol. The van der Waals surface area contributed by atoms with Gasteiger partial charge in [-0.25, -0.2) is 0 Å². The number of hydrogen-bond donors (Lipinski definition) is 0. The first-order valence-corrected chi connectivity index (χ1v) is 5.46. The van der Waals surface area contributed by atoms with E-state index >= 15 is 0 Å². The first kappa shape index (κ1) is 10.5. The molecule has 0 N–H and O–H groups in total. The van der Waals surface area contributed by atoms with Crippen molar-refractivity contribution in [3.05, 3.63) is 58.1 Å². The van der Waals surface area contributed by atoms with Crippen LogP contribution in [0.4, 0.5) is 0 Å². The lowest BCUT2D eigenvalue weighted by Crippen LogP contribution is -1.83. The molecular formula is C13H10Cl2. The molecule has 15 heavy (non-hydrogen) atoms. The SMILES string of the molecule is Cc1c(Cl)ccc(-c2ccccc2)c1Cl. The molecule has 2 aromatic rings. The largest absolute Gasteiger partial charge is 0.0840 e. The van der Waals surface area contributed by atoms with Crippen molar-refractivity contribution in [1.29, 1.82) is 0 Å². The predicted molar refractivity (Wildman–Crippen MR) is 66.6 cm³/mol. The molecule has 0 heterocycles. The lowest BCUT2D eigenvalue weighted by Gasteiger charge is -2.08. The lowest BCUT2D eigenvalue weighted by atomic mass is 10.0. The summed E-state index contributed by atoms with van der Waals surface area (Å²) in [4.78, 5) is 0. The van der Waals surface area contributed by atoms with Crippen LogP contribution >= 0.6 is 23.2 Å². The van der Waals surface area contributed by atoms with Crippen LogP contribution in [0.25, 0.3) is 11.1 Å². The van der Waals surface area contributed by atoms with E-state index in [0.29, 0.717) is 5.02 Å². The second-order valence-electron chi connectivity index (χ2n) is 3.40. The van der Waals surface area contributed by atoms with E-state index in [1.807, 2.05) is 49.4 Å². The predicted octanol–water partition coefficient (Wildman–Crippen LogP) is 4.97. The second kappa shape index (κ2) is 4.26. The molecule has 0 spiro atoms. The second-order valence-corrected chi connectivity index (χ2v) is 4.19. The molecule has 76 valence electrons. The third-order valence-electron chi connectivity index (χ3n) is 2.41. The molecule has 0 aromatic heterocycles. The maximum absolute atomic E-state index is 6.25. The van der Waals surface area contributed by atoms with Gasteiger partial charge < -0.3 is 0 Å². The van der Waals surface area contributed by atoms with Crippen LogP contribution in [-0.4, -0.2) is 0 Å². The van der Waals surface area contributed by atoms with Crippen molar-refractivity contribution in [2.24, 2.45) is 0 Å². The Morgan fingerprint density at radius 1 is 0.867 bits per heavy atom. The number of halogens is 2. The van der Waals surface area contributed by atoms with Crippen LogP contribution in [0, 0.1) is 6.92 Å². The van der Waals surface area contributed by atoms with Gasteiger partial charge in [-0.1, -0.05) is 59.6 Å². The molecule has 0 atom stereocenters. The molecule has 0 aliphatic heterocycles. The summed E-state index contributed by atoms with van der Waals surface area (Å²) in [5.74, 6) is 0. The van der Waals surface area contributed by atoms with Gasteiger partial charge in [0.1, 0.15) is 0 Å². The number of rotatable bonds is 1. The first-order valence-electron chi connectivity index (χ1n) is 4.70. The van der Waals surface area contributed by atoms with E-state index in [4.69, 9.17) is 23.2 Å². The Balaban J connectivity index is 2.60. The molecule has 0 bridgehead atoms.